The van der Waals surface area contributed by atoms with E-state index in [0.29, 0.717) is 30.5 Å². The maximum Gasteiger partial charge on any atom is 0.251 e. The van der Waals surface area contributed by atoms with Gasteiger partial charge in [-0.3, -0.25) is 19.3 Å². The molecule has 3 amide bonds. The highest BCUT2D eigenvalue weighted by molar-refractivity contribution is 7.80. The van der Waals surface area contributed by atoms with Gasteiger partial charge < -0.3 is 20.3 Å². The van der Waals surface area contributed by atoms with Crippen molar-refractivity contribution in [2.75, 3.05) is 32.1 Å². The van der Waals surface area contributed by atoms with Gasteiger partial charge in [-0.1, -0.05) is 0 Å². The zero-order chi connectivity index (χ0) is 20.0. The minimum atomic E-state index is -0.682. The van der Waals surface area contributed by atoms with Crippen molar-refractivity contribution in [3.63, 3.8) is 0 Å². The normalized spacial score (nSPS) is 16.5. The first-order valence-corrected chi connectivity index (χ1v) is 9.09. The lowest BCUT2D eigenvalue weighted by molar-refractivity contribution is -0.130. The van der Waals surface area contributed by atoms with E-state index in [1.54, 1.807) is 36.2 Å². The molecule has 0 spiro atoms. The molecule has 1 aromatic carbocycles. The molecule has 0 aliphatic carbocycles. The van der Waals surface area contributed by atoms with Gasteiger partial charge in [0.05, 0.1) is 13.0 Å². The van der Waals surface area contributed by atoms with Crippen molar-refractivity contribution >= 4 is 40.7 Å². The highest BCUT2D eigenvalue weighted by atomic mass is 32.1. The largest absolute Gasteiger partial charge is 0.494 e. The van der Waals surface area contributed by atoms with Gasteiger partial charge in [0.15, 0.2) is 5.11 Å². The van der Waals surface area contributed by atoms with Crippen LogP contribution in [0, 0.1) is 0 Å². The molecule has 0 saturated carbocycles. The molecule has 1 saturated heterocycles. The molecule has 2 rings (SSSR count). The zero-order valence-electron chi connectivity index (χ0n) is 15.7. The van der Waals surface area contributed by atoms with Crippen LogP contribution in [0.4, 0.5) is 5.69 Å². The van der Waals surface area contributed by atoms with Crippen LogP contribution < -0.4 is 15.4 Å². The highest BCUT2D eigenvalue weighted by Gasteiger charge is 2.41. The van der Waals surface area contributed by atoms with E-state index in [0.717, 1.165) is 5.75 Å². The van der Waals surface area contributed by atoms with Crippen LogP contribution >= 0.6 is 12.2 Å². The van der Waals surface area contributed by atoms with Gasteiger partial charge >= 0.3 is 0 Å². The Morgan fingerprint density at radius 3 is 2.52 bits per heavy atom. The van der Waals surface area contributed by atoms with Crippen LogP contribution in [0.1, 0.15) is 20.3 Å². The number of thiocarbonyl (C=S) groups is 1. The Kier molecular flexibility index (Phi) is 7.12. The Hall–Kier alpha value is -2.68. The van der Waals surface area contributed by atoms with Gasteiger partial charge in [0.1, 0.15) is 11.8 Å². The van der Waals surface area contributed by atoms with Gasteiger partial charge in [-0.2, -0.15) is 0 Å². The molecule has 27 heavy (non-hydrogen) atoms. The predicted molar refractivity (Wildman–Crippen MR) is 105 cm³/mol. The second-order valence-electron chi connectivity index (χ2n) is 6.08. The number of carbonyl (C=O) groups is 3. The van der Waals surface area contributed by atoms with E-state index in [4.69, 9.17) is 17.0 Å². The molecule has 1 fully saturated rings. The lowest BCUT2D eigenvalue weighted by Gasteiger charge is -2.23. The average molecular weight is 392 g/mol. The molecule has 8 nitrogen and oxygen atoms in total. The number of carbonyl (C=O) groups excluding carboxylic acids is 3. The third-order valence-corrected chi connectivity index (χ3v) is 4.59. The lowest BCUT2D eigenvalue weighted by Crippen LogP contribution is -2.42. The summed E-state index contributed by atoms with van der Waals surface area (Å²) in [7, 11) is 1.58. The molecule has 1 atom stereocenters. The van der Waals surface area contributed by atoms with Crippen LogP contribution in [0.15, 0.2) is 24.3 Å². The number of nitrogens with one attached hydrogen (secondary N) is 2. The van der Waals surface area contributed by atoms with Crippen LogP contribution in [0.3, 0.4) is 0 Å². The summed E-state index contributed by atoms with van der Waals surface area (Å²) in [5.74, 6) is 0.0342. The summed E-state index contributed by atoms with van der Waals surface area (Å²) in [4.78, 5) is 38.9. The van der Waals surface area contributed by atoms with Crippen LogP contribution in [0.2, 0.25) is 0 Å². The summed E-state index contributed by atoms with van der Waals surface area (Å²) < 4.78 is 5.37. The Morgan fingerprint density at radius 1 is 1.26 bits per heavy atom. The number of ether oxygens (including phenoxy) is 1. The minimum Gasteiger partial charge on any atom is -0.494 e. The third-order valence-electron chi connectivity index (χ3n) is 4.08. The maximum absolute atomic E-state index is 12.4. The molecule has 1 aliphatic rings. The highest BCUT2D eigenvalue weighted by Crippen LogP contribution is 2.20. The van der Waals surface area contributed by atoms with Crippen LogP contribution in [0.25, 0.3) is 0 Å². The summed E-state index contributed by atoms with van der Waals surface area (Å²) in [6, 6.07) is 6.33. The van der Waals surface area contributed by atoms with Gasteiger partial charge in [-0.15, -0.1) is 0 Å². The Bertz CT molecular complexity index is 723. The van der Waals surface area contributed by atoms with Crippen LogP contribution in [0.5, 0.6) is 5.75 Å². The van der Waals surface area contributed by atoms with Crippen molar-refractivity contribution in [3.05, 3.63) is 24.3 Å². The SMILES string of the molecule is CCOc1ccc(NC(=O)C[C@@H]2C(=O)N(C)C(=S)N2CCNC(C)=O)cc1. The summed E-state index contributed by atoms with van der Waals surface area (Å²) in [6.07, 6.45) is -0.0312. The first-order valence-electron chi connectivity index (χ1n) is 8.68. The Labute approximate surface area is 163 Å². The third kappa shape index (κ3) is 5.40. The lowest BCUT2D eigenvalue weighted by atomic mass is 10.1. The number of hydrogen-bond acceptors (Lipinski definition) is 5. The van der Waals surface area contributed by atoms with Crippen molar-refractivity contribution in [3.8, 4) is 5.75 Å². The Morgan fingerprint density at radius 2 is 1.93 bits per heavy atom. The number of hydrogen-bond donors (Lipinski definition) is 2. The monoisotopic (exact) mass is 392 g/mol. The fraction of sp³-hybridized carbons (Fsp3) is 0.444. The van der Waals surface area contributed by atoms with Crippen molar-refractivity contribution in [1.82, 2.24) is 15.1 Å². The van der Waals surface area contributed by atoms with Crippen molar-refractivity contribution in [2.45, 2.75) is 26.3 Å². The van der Waals surface area contributed by atoms with Gasteiger partial charge in [0, 0.05) is 32.7 Å². The van der Waals surface area contributed by atoms with Crippen LogP contribution in [-0.2, 0) is 14.4 Å². The molecular formula is C18H24N4O4S. The molecular weight excluding hydrogens is 368 g/mol. The van der Waals surface area contributed by atoms with Gasteiger partial charge in [0.2, 0.25) is 11.8 Å². The molecule has 1 aliphatic heterocycles. The molecule has 0 radical (unpaired) electrons. The van der Waals surface area contributed by atoms with Gasteiger partial charge in [-0.05, 0) is 43.4 Å². The maximum atomic E-state index is 12.4. The van der Waals surface area contributed by atoms with E-state index >= 15 is 0 Å². The van der Waals surface area contributed by atoms with E-state index in [1.165, 1.54) is 11.8 Å². The van der Waals surface area contributed by atoms with E-state index in [2.05, 4.69) is 10.6 Å². The number of rotatable bonds is 8. The van der Waals surface area contributed by atoms with E-state index in [9.17, 15) is 14.4 Å². The van der Waals surface area contributed by atoms with Crippen molar-refractivity contribution in [2.24, 2.45) is 0 Å². The standard InChI is InChI=1S/C18H24N4O4S/c1-4-26-14-7-5-13(6-8-14)20-16(24)11-15-17(25)21(3)18(27)22(15)10-9-19-12(2)23/h5-8,15H,4,9-11H2,1-3H3,(H,19,23)(H,20,24)/t15-/m1/s1. The van der Waals surface area contributed by atoms with Gasteiger partial charge in [0.25, 0.3) is 5.91 Å². The number of nitrogens with zero attached hydrogens (tertiary/aromatic N) is 2. The van der Waals surface area contributed by atoms with Crippen molar-refractivity contribution in [1.29, 1.82) is 0 Å². The van der Waals surface area contributed by atoms with E-state index < -0.39 is 6.04 Å². The summed E-state index contributed by atoms with van der Waals surface area (Å²) in [6.45, 7) is 4.58. The zero-order valence-corrected chi connectivity index (χ0v) is 16.5. The number of anilines is 1. The molecule has 0 bridgehead atoms. The molecule has 0 unspecified atom stereocenters. The first-order chi connectivity index (χ1) is 12.8. The van der Waals surface area contributed by atoms with E-state index in [1.807, 2.05) is 6.92 Å². The fourth-order valence-electron chi connectivity index (χ4n) is 2.77. The quantitative estimate of drug-likeness (QED) is 0.641. The predicted octanol–water partition coefficient (Wildman–Crippen LogP) is 0.977. The first kappa shape index (κ1) is 20.6. The Balaban J connectivity index is 1.98. The molecule has 1 aromatic rings. The second-order valence-corrected chi connectivity index (χ2v) is 6.45. The van der Waals surface area contributed by atoms with Gasteiger partial charge in [-0.25, -0.2) is 0 Å². The van der Waals surface area contributed by atoms with Crippen LogP contribution in [-0.4, -0.2) is 65.4 Å². The molecule has 0 aromatic heterocycles. The van der Waals surface area contributed by atoms with E-state index in [-0.39, 0.29) is 24.1 Å². The smallest absolute Gasteiger partial charge is 0.251 e. The fourth-order valence-corrected chi connectivity index (χ4v) is 3.08. The summed E-state index contributed by atoms with van der Waals surface area (Å²) >= 11 is 5.29. The average Bonchev–Trinajstić information content (AvgIpc) is 2.81. The van der Waals surface area contributed by atoms with Crippen molar-refractivity contribution < 1.29 is 19.1 Å². The molecule has 146 valence electrons. The summed E-state index contributed by atoms with van der Waals surface area (Å²) in [5, 5.41) is 5.80. The topological polar surface area (TPSA) is 91.0 Å². The molecule has 2 N–H and O–H groups in total. The second kappa shape index (κ2) is 9.31. The number of likely N-dealkylation sites (N-methyl/N-ethyl adjacent to an activating group) is 1. The minimum absolute atomic E-state index is 0.0312. The summed E-state index contributed by atoms with van der Waals surface area (Å²) in [5.41, 5.74) is 0.620. The number of amides is 3. The molecule has 1 heterocycles. The number of benzene rings is 1. The molecule has 9 heteroatoms.